The van der Waals surface area contributed by atoms with Crippen LogP contribution >= 0.6 is 0 Å². The number of esters is 1. The molecule has 2 fully saturated rings. The minimum absolute atomic E-state index is 0.00833. The fraction of sp³-hybridized carbons (Fsp3) is 0.692. The molecule has 0 radical (unpaired) electrons. The average molecular weight is 252 g/mol. The fourth-order valence-electron chi connectivity index (χ4n) is 3.10. The smallest absolute Gasteiger partial charge is 0.302 e. The van der Waals surface area contributed by atoms with Crippen molar-refractivity contribution in [1.29, 1.82) is 0 Å². The Morgan fingerprint density at radius 2 is 1.94 bits per heavy atom. The van der Waals surface area contributed by atoms with Crippen LogP contribution in [0.1, 0.15) is 32.6 Å². The molecule has 98 valence electrons. The van der Waals surface area contributed by atoms with Crippen LogP contribution in [0.25, 0.3) is 0 Å². The van der Waals surface area contributed by atoms with E-state index >= 15 is 0 Å². The van der Waals surface area contributed by atoms with Gasteiger partial charge in [-0.25, -0.2) is 0 Å². The van der Waals surface area contributed by atoms with Crippen LogP contribution in [0.5, 0.6) is 0 Å². The van der Waals surface area contributed by atoms with Crippen LogP contribution in [0.15, 0.2) is 0 Å². The molecule has 0 heterocycles. The molecule has 0 amide bonds. The highest BCUT2D eigenvalue weighted by Gasteiger charge is 2.52. The highest BCUT2D eigenvalue weighted by atomic mass is 16.5. The normalized spacial score (nSPS) is 31.4. The molecule has 5 heteroatoms. The molecule has 18 heavy (non-hydrogen) atoms. The lowest BCUT2D eigenvalue weighted by Crippen LogP contribution is -2.31. The predicted molar refractivity (Wildman–Crippen MR) is 60.6 cm³/mol. The second-order valence-electron chi connectivity index (χ2n) is 5.01. The number of ketones is 3. The van der Waals surface area contributed by atoms with E-state index in [0.29, 0.717) is 12.8 Å². The van der Waals surface area contributed by atoms with Gasteiger partial charge < -0.3 is 4.74 Å². The first-order chi connectivity index (χ1) is 8.52. The molecule has 0 aromatic carbocycles. The lowest BCUT2D eigenvalue weighted by Gasteiger charge is -2.30. The lowest BCUT2D eigenvalue weighted by atomic mass is 9.72. The number of hydrogen-bond acceptors (Lipinski definition) is 5. The van der Waals surface area contributed by atoms with Gasteiger partial charge in [-0.1, -0.05) is 6.42 Å². The van der Waals surface area contributed by atoms with E-state index in [4.69, 9.17) is 4.74 Å². The topological polar surface area (TPSA) is 77.5 Å². The summed E-state index contributed by atoms with van der Waals surface area (Å²) in [6.45, 7) is 1.58. The number of rotatable bonds is 3. The van der Waals surface area contributed by atoms with Crippen molar-refractivity contribution < 1.29 is 23.9 Å². The van der Waals surface area contributed by atoms with Crippen LogP contribution in [-0.2, 0) is 23.9 Å². The van der Waals surface area contributed by atoms with E-state index in [2.05, 4.69) is 0 Å². The number of fused-ring (bicyclic) bond motifs is 1. The predicted octanol–water partition coefficient (Wildman–Crippen LogP) is 0.693. The summed E-state index contributed by atoms with van der Waals surface area (Å²) in [7, 11) is 0. The first-order valence-corrected chi connectivity index (χ1v) is 6.28. The van der Waals surface area contributed by atoms with Crippen molar-refractivity contribution in [2.75, 3.05) is 6.61 Å². The Labute approximate surface area is 105 Å². The first kappa shape index (κ1) is 12.9. The van der Waals surface area contributed by atoms with Crippen molar-refractivity contribution in [2.45, 2.75) is 32.6 Å². The van der Waals surface area contributed by atoms with Crippen molar-refractivity contribution in [1.82, 2.24) is 0 Å². The summed E-state index contributed by atoms with van der Waals surface area (Å²) in [6, 6.07) is 0. The molecule has 3 unspecified atom stereocenters. The SMILES string of the molecule is CC(=O)OCCC1CCCC2C(=O)C(=O)C(=O)C12. The molecule has 3 atom stereocenters. The van der Waals surface area contributed by atoms with Gasteiger partial charge in [0, 0.05) is 18.8 Å². The Bertz CT molecular complexity index is 412. The third-order valence-electron chi connectivity index (χ3n) is 3.91. The summed E-state index contributed by atoms with van der Waals surface area (Å²) >= 11 is 0. The average Bonchev–Trinajstić information content (AvgIpc) is 2.55. The van der Waals surface area contributed by atoms with Gasteiger partial charge >= 0.3 is 5.97 Å². The van der Waals surface area contributed by atoms with Crippen LogP contribution in [0, 0.1) is 17.8 Å². The van der Waals surface area contributed by atoms with Gasteiger partial charge in [-0.3, -0.25) is 19.2 Å². The highest BCUT2D eigenvalue weighted by molar-refractivity contribution is 6.68. The van der Waals surface area contributed by atoms with Crippen LogP contribution in [0.4, 0.5) is 0 Å². The molecule has 5 nitrogen and oxygen atoms in total. The van der Waals surface area contributed by atoms with Crippen LogP contribution < -0.4 is 0 Å². The van der Waals surface area contributed by atoms with E-state index in [-0.39, 0.29) is 18.5 Å². The quantitative estimate of drug-likeness (QED) is 0.545. The van der Waals surface area contributed by atoms with Gasteiger partial charge in [0.25, 0.3) is 5.78 Å². The van der Waals surface area contributed by atoms with Gasteiger partial charge in [0.05, 0.1) is 6.61 Å². The molecule has 2 saturated carbocycles. The van der Waals surface area contributed by atoms with Crippen molar-refractivity contribution in [3.63, 3.8) is 0 Å². The maximum absolute atomic E-state index is 11.8. The zero-order chi connectivity index (χ0) is 13.3. The molecule has 0 saturated heterocycles. The van der Waals surface area contributed by atoms with Crippen LogP contribution in [0.3, 0.4) is 0 Å². The van der Waals surface area contributed by atoms with Crippen molar-refractivity contribution in [3.8, 4) is 0 Å². The summed E-state index contributed by atoms with van der Waals surface area (Å²) in [6.07, 6.45) is 2.84. The molecule has 0 bridgehead atoms. The van der Waals surface area contributed by atoms with Gasteiger partial charge in [0.2, 0.25) is 11.6 Å². The zero-order valence-corrected chi connectivity index (χ0v) is 10.3. The number of Topliss-reactive ketones (excluding diaryl/α,β-unsaturated/α-hetero) is 3. The van der Waals surface area contributed by atoms with Gasteiger partial charge in [-0.15, -0.1) is 0 Å². The van der Waals surface area contributed by atoms with Crippen molar-refractivity contribution in [3.05, 3.63) is 0 Å². The molecule has 2 aliphatic carbocycles. The Morgan fingerprint density at radius 3 is 2.61 bits per heavy atom. The Balaban J connectivity index is 2.03. The van der Waals surface area contributed by atoms with E-state index in [1.54, 1.807) is 0 Å². The van der Waals surface area contributed by atoms with Crippen molar-refractivity contribution >= 4 is 23.3 Å². The largest absolute Gasteiger partial charge is 0.466 e. The molecule has 2 aliphatic rings. The maximum Gasteiger partial charge on any atom is 0.302 e. The van der Waals surface area contributed by atoms with Crippen LogP contribution in [0.2, 0.25) is 0 Å². The molecule has 0 N–H and O–H groups in total. The monoisotopic (exact) mass is 252 g/mol. The van der Waals surface area contributed by atoms with Gasteiger partial charge in [-0.05, 0) is 25.2 Å². The summed E-state index contributed by atoms with van der Waals surface area (Å²) in [5, 5.41) is 0. The summed E-state index contributed by atoms with van der Waals surface area (Å²) < 4.78 is 4.86. The second-order valence-corrected chi connectivity index (χ2v) is 5.01. The summed E-state index contributed by atoms with van der Waals surface area (Å²) in [5.41, 5.74) is 0. The summed E-state index contributed by atoms with van der Waals surface area (Å²) in [4.78, 5) is 45.5. The zero-order valence-electron chi connectivity index (χ0n) is 10.3. The second kappa shape index (κ2) is 5.00. The Hall–Kier alpha value is -1.52. The molecule has 0 aromatic rings. The third-order valence-corrected chi connectivity index (χ3v) is 3.91. The van der Waals surface area contributed by atoms with Gasteiger partial charge in [0.15, 0.2) is 0 Å². The lowest BCUT2D eigenvalue weighted by molar-refractivity contribution is -0.142. The van der Waals surface area contributed by atoms with Gasteiger partial charge in [0.1, 0.15) is 0 Å². The first-order valence-electron chi connectivity index (χ1n) is 6.28. The van der Waals surface area contributed by atoms with E-state index in [1.165, 1.54) is 6.92 Å². The van der Waals surface area contributed by atoms with Gasteiger partial charge in [-0.2, -0.15) is 0 Å². The number of carbonyl (C=O) groups is 4. The number of carbonyl (C=O) groups excluding carboxylic acids is 4. The fourth-order valence-corrected chi connectivity index (χ4v) is 3.10. The number of ether oxygens (including phenoxy) is 1. The highest BCUT2D eigenvalue weighted by Crippen LogP contribution is 2.41. The Kier molecular flexibility index (Phi) is 3.59. The van der Waals surface area contributed by atoms with E-state index in [9.17, 15) is 19.2 Å². The minimum Gasteiger partial charge on any atom is -0.466 e. The summed E-state index contributed by atoms with van der Waals surface area (Å²) in [5.74, 6) is -3.11. The standard InChI is InChI=1S/C13H16O5/c1-7(14)18-6-5-8-3-2-4-9-10(8)12(16)13(17)11(9)15/h8-10H,2-6H2,1H3. The van der Waals surface area contributed by atoms with E-state index < -0.39 is 29.2 Å². The third kappa shape index (κ3) is 2.21. The minimum atomic E-state index is -0.829. The molecule has 2 rings (SSSR count). The molecular formula is C13H16O5. The number of hydrogen-bond donors (Lipinski definition) is 0. The van der Waals surface area contributed by atoms with Crippen LogP contribution in [-0.4, -0.2) is 29.9 Å². The van der Waals surface area contributed by atoms with E-state index in [0.717, 1.165) is 12.8 Å². The molecule has 0 aliphatic heterocycles. The molecule has 0 aromatic heterocycles. The van der Waals surface area contributed by atoms with E-state index in [1.807, 2.05) is 0 Å². The molecular weight excluding hydrogens is 236 g/mol. The molecule has 0 spiro atoms. The maximum atomic E-state index is 11.8. The van der Waals surface area contributed by atoms with Crippen molar-refractivity contribution in [2.24, 2.45) is 17.8 Å². The Morgan fingerprint density at radius 1 is 1.22 bits per heavy atom.